The van der Waals surface area contributed by atoms with Crippen LogP contribution in [0.1, 0.15) is 19.8 Å². The number of nitrogens with one attached hydrogen (secondary N) is 1. The summed E-state index contributed by atoms with van der Waals surface area (Å²) in [6.07, 6.45) is 2.32. The molecule has 4 heteroatoms. The molecule has 1 fully saturated rings. The monoisotopic (exact) mass is 268 g/mol. The van der Waals surface area contributed by atoms with E-state index in [4.69, 9.17) is 16.3 Å². The van der Waals surface area contributed by atoms with Crippen LogP contribution in [0.4, 0.5) is 5.69 Å². The second-order valence-corrected chi connectivity index (χ2v) is 5.08. The van der Waals surface area contributed by atoms with Gasteiger partial charge in [0.2, 0.25) is 0 Å². The fourth-order valence-corrected chi connectivity index (χ4v) is 2.61. The molecule has 0 aromatic heterocycles. The van der Waals surface area contributed by atoms with Crippen LogP contribution < -0.4 is 15.0 Å². The first-order chi connectivity index (χ1) is 8.74. The number of nitrogens with zero attached hydrogens (tertiary/aromatic N) is 1. The van der Waals surface area contributed by atoms with Gasteiger partial charge >= 0.3 is 0 Å². The summed E-state index contributed by atoms with van der Waals surface area (Å²) in [6, 6.07) is 6.59. The summed E-state index contributed by atoms with van der Waals surface area (Å²) in [6.45, 7) is 5.44. The molecule has 2 rings (SSSR count). The van der Waals surface area contributed by atoms with E-state index >= 15 is 0 Å². The molecule has 0 saturated carbocycles. The zero-order valence-electron chi connectivity index (χ0n) is 11.1. The minimum absolute atomic E-state index is 0.563. The van der Waals surface area contributed by atoms with Crippen LogP contribution in [0, 0.1) is 0 Å². The Morgan fingerprint density at radius 3 is 3.00 bits per heavy atom. The van der Waals surface area contributed by atoms with Gasteiger partial charge in [-0.1, -0.05) is 18.5 Å². The molecular weight excluding hydrogens is 248 g/mol. The molecule has 1 aliphatic heterocycles. The molecule has 3 nitrogen and oxygen atoms in total. The SMILES string of the molecule is CCC1CN(c2ccc(OC)c(Cl)c2)CCCN1. The maximum Gasteiger partial charge on any atom is 0.137 e. The second-order valence-electron chi connectivity index (χ2n) is 4.68. The van der Waals surface area contributed by atoms with Gasteiger partial charge in [-0.3, -0.25) is 0 Å². The van der Waals surface area contributed by atoms with Crippen LogP contribution in [-0.4, -0.2) is 32.8 Å². The highest BCUT2D eigenvalue weighted by Gasteiger charge is 2.17. The number of halogens is 1. The van der Waals surface area contributed by atoms with Gasteiger partial charge in [0, 0.05) is 24.8 Å². The van der Waals surface area contributed by atoms with Crippen LogP contribution in [-0.2, 0) is 0 Å². The molecule has 1 aromatic rings. The molecular formula is C14H21ClN2O. The average molecular weight is 269 g/mol. The van der Waals surface area contributed by atoms with E-state index in [2.05, 4.69) is 23.2 Å². The van der Waals surface area contributed by atoms with Gasteiger partial charge in [0.15, 0.2) is 0 Å². The lowest BCUT2D eigenvalue weighted by Gasteiger charge is -2.26. The molecule has 100 valence electrons. The summed E-state index contributed by atoms with van der Waals surface area (Å²) in [5.41, 5.74) is 1.18. The van der Waals surface area contributed by atoms with E-state index in [1.807, 2.05) is 12.1 Å². The van der Waals surface area contributed by atoms with Crippen LogP contribution in [0.3, 0.4) is 0 Å². The fourth-order valence-electron chi connectivity index (χ4n) is 2.36. The summed E-state index contributed by atoms with van der Waals surface area (Å²) in [7, 11) is 1.64. The predicted octanol–water partition coefficient (Wildman–Crippen LogP) is 2.93. The van der Waals surface area contributed by atoms with Gasteiger partial charge in [0.25, 0.3) is 0 Å². The van der Waals surface area contributed by atoms with E-state index in [0.717, 1.165) is 31.8 Å². The molecule has 0 bridgehead atoms. The highest BCUT2D eigenvalue weighted by Crippen LogP contribution is 2.29. The lowest BCUT2D eigenvalue weighted by atomic mass is 10.2. The molecule has 1 aromatic carbocycles. The van der Waals surface area contributed by atoms with Gasteiger partial charge in [-0.2, -0.15) is 0 Å². The Labute approximate surface area is 114 Å². The molecule has 1 aliphatic rings. The van der Waals surface area contributed by atoms with Gasteiger partial charge < -0.3 is 15.0 Å². The summed E-state index contributed by atoms with van der Waals surface area (Å²) in [4.78, 5) is 2.40. The third-order valence-corrected chi connectivity index (χ3v) is 3.77. The predicted molar refractivity (Wildman–Crippen MR) is 76.9 cm³/mol. The zero-order chi connectivity index (χ0) is 13.0. The largest absolute Gasteiger partial charge is 0.495 e. The van der Waals surface area contributed by atoms with Crippen LogP contribution in [0.5, 0.6) is 5.75 Å². The minimum atomic E-state index is 0.563. The van der Waals surface area contributed by atoms with Crippen molar-refractivity contribution < 1.29 is 4.74 Å². The normalized spacial score (nSPS) is 20.6. The number of methoxy groups -OCH3 is 1. The number of anilines is 1. The minimum Gasteiger partial charge on any atom is -0.495 e. The van der Waals surface area contributed by atoms with Gasteiger partial charge in [0.05, 0.1) is 12.1 Å². The average Bonchev–Trinajstić information content (AvgIpc) is 2.64. The van der Waals surface area contributed by atoms with Crippen molar-refractivity contribution in [2.75, 3.05) is 31.6 Å². The summed E-state index contributed by atoms with van der Waals surface area (Å²) >= 11 is 6.19. The standard InChI is InChI=1S/C14H21ClN2O/c1-3-11-10-17(8-4-7-16-11)12-5-6-14(18-2)13(15)9-12/h5-6,9,11,16H,3-4,7-8,10H2,1-2H3. The summed E-state index contributed by atoms with van der Waals surface area (Å²) < 4.78 is 5.19. The van der Waals surface area contributed by atoms with E-state index in [9.17, 15) is 0 Å². The summed E-state index contributed by atoms with van der Waals surface area (Å²) in [5, 5.41) is 4.25. The molecule has 0 amide bonds. The van der Waals surface area contributed by atoms with Crippen LogP contribution in [0.2, 0.25) is 5.02 Å². The number of hydrogen-bond donors (Lipinski definition) is 1. The Morgan fingerprint density at radius 2 is 2.33 bits per heavy atom. The fraction of sp³-hybridized carbons (Fsp3) is 0.571. The van der Waals surface area contributed by atoms with Crippen LogP contribution >= 0.6 is 11.6 Å². The molecule has 1 heterocycles. The number of benzene rings is 1. The zero-order valence-corrected chi connectivity index (χ0v) is 11.8. The molecule has 18 heavy (non-hydrogen) atoms. The molecule has 1 unspecified atom stereocenters. The number of hydrogen-bond acceptors (Lipinski definition) is 3. The third kappa shape index (κ3) is 3.09. The van der Waals surface area contributed by atoms with Crippen molar-refractivity contribution in [3.63, 3.8) is 0 Å². The van der Waals surface area contributed by atoms with Gasteiger partial charge in [0.1, 0.15) is 5.75 Å². The van der Waals surface area contributed by atoms with Crippen LogP contribution in [0.25, 0.3) is 0 Å². The molecule has 1 N–H and O–H groups in total. The Hall–Kier alpha value is -0.930. The number of rotatable bonds is 3. The van der Waals surface area contributed by atoms with E-state index in [-0.39, 0.29) is 0 Å². The van der Waals surface area contributed by atoms with E-state index < -0.39 is 0 Å². The molecule has 0 spiro atoms. The van der Waals surface area contributed by atoms with Crippen molar-refractivity contribution in [3.8, 4) is 5.75 Å². The van der Waals surface area contributed by atoms with E-state index in [1.165, 1.54) is 12.1 Å². The van der Waals surface area contributed by atoms with Gasteiger partial charge in [-0.15, -0.1) is 0 Å². The highest BCUT2D eigenvalue weighted by molar-refractivity contribution is 6.32. The second kappa shape index (κ2) is 6.30. The maximum absolute atomic E-state index is 6.19. The Balaban J connectivity index is 2.16. The van der Waals surface area contributed by atoms with Crippen molar-refractivity contribution in [2.24, 2.45) is 0 Å². The smallest absolute Gasteiger partial charge is 0.137 e. The first kappa shape index (κ1) is 13.5. The van der Waals surface area contributed by atoms with E-state index in [1.54, 1.807) is 7.11 Å². The maximum atomic E-state index is 6.19. The van der Waals surface area contributed by atoms with Crippen LogP contribution in [0.15, 0.2) is 18.2 Å². The van der Waals surface area contributed by atoms with Crippen molar-refractivity contribution in [1.82, 2.24) is 5.32 Å². The van der Waals surface area contributed by atoms with E-state index in [0.29, 0.717) is 11.1 Å². The quantitative estimate of drug-likeness (QED) is 0.912. The summed E-state index contributed by atoms with van der Waals surface area (Å²) in [5.74, 6) is 0.736. The van der Waals surface area contributed by atoms with Crippen molar-refractivity contribution in [2.45, 2.75) is 25.8 Å². The highest BCUT2D eigenvalue weighted by atomic mass is 35.5. The Kier molecular flexibility index (Phi) is 4.72. The first-order valence-corrected chi connectivity index (χ1v) is 6.94. The topological polar surface area (TPSA) is 24.5 Å². The molecule has 0 radical (unpaired) electrons. The molecule has 1 atom stereocenters. The number of ether oxygens (including phenoxy) is 1. The van der Waals surface area contributed by atoms with Gasteiger partial charge in [-0.25, -0.2) is 0 Å². The Bertz CT molecular complexity index is 397. The van der Waals surface area contributed by atoms with Gasteiger partial charge in [-0.05, 0) is 37.6 Å². The van der Waals surface area contributed by atoms with Crippen molar-refractivity contribution in [3.05, 3.63) is 23.2 Å². The van der Waals surface area contributed by atoms with Crippen molar-refractivity contribution >= 4 is 17.3 Å². The third-order valence-electron chi connectivity index (χ3n) is 3.47. The first-order valence-electron chi connectivity index (χ1n) is 6.56. The molecule has 0 aliphatic carbocycles. The molecule has 1 saturated heterocycles. The Morgan fingerprint density at radius 1 is 1.50 bits per heavy atom. The lowest BCUT2D eigenvalue weighted by molar-refractivity contribution is 0.415. The van der Waals surface area contributed by atoms with Crippen molar-refractivity contribution in [1.29, 1.82) is 0 Å². The lowest BCUT2D eigenvalue weighted by Crippen LogP contribution is -2.37.